The highest BCUT2D eigenvalue weighted by molar-refractivity contribution is 5.88. The SMILES string of the molecule is CCCC(=O)N(Cc1ccc(F)cc1)C(C(=O)NCCN1CCOCC1)c1ccccc1. The summed E-state index contributed by atoms with van der Waals surface area (Å²) in [5, 5.41) is 3.03. The van der Waals surface area contributed by atoms with E-state index in [1.807, 2.05) is 37.3 Å². The van der Waals surface area contributed by atoms with E-state index in [1.54, 1.807) is 17.0 Å². The summed E-state index contributed by atoms with van der Waals surface area (Å²) in [5.41, 5.74) is 1.53. The Morgan fingerprint density at radius 2 is 1.78 bits per heavy atom. The summed E-state index contributed by atoms with van der Waals surface area (Å²) in [6.45, 7) is 6.51. The number of carbonyl (C=O) groups is 2. The molecule has 172 valence electrons. The molecule has 1 aliphatic heterocycles. The molecular formula is C25H32FN3O3. The summed E-state index contributed by atoms with van der Waals surface area (Å²) in [7, 11) is 0. The van der Waals surface area contributed by atoms with Crippen LogP contribution in [-0.4, -0.2) is 61.0 Å². The Kier molecular flexibility index (Phi) is 9.19. The molecule has 1 unspecified atom stereocenters. The summed E-state index contributed by atoms with van der Waals surface area (Å²) in [6.07, 6.45) is 1.02. The van der Waals surface area contributed by atoms with Crippen molar-refractivity contribution in [2.45, 2.75) is 32.4 Å². The number of carbonyl (C=O) groups excluding carboxylic acids is 2. The molecule has 0 aliphatic carbocycles. The molecule has 2 aromatic rings. The Bertz CT molecular complexity index is 854. The second-order valence-electron chi connectivity index (χ2n) is 7.96. The Hall–Kier alpha value is -2.77. The topological polar surface area (TPSA) is 61.9 Å². The van der Waals surface area contributed by atoms with Gasteiger partial charge in [-0.05, 0) is 29.7 Å². The van der Waals surface area contributed by atoms with Crippen molar-refractivity contribution in [3.8, 4) is 0 Å². The number of hydrogen-bond donors (Lipinski definition) is 1. The van der Waals surface area contributed by atoms with Gasteiger partial charge in [-0.25, -0.2) is 4.39 Å². The lowest BCUT2D eigenvalue weighted by Crippen LogP contribution is -2.46. The maximum absolute atomic E-state index is 13.4. The summed E-state index contributed by atoms with van der Waals surface area (Å²) in [5.74, 6) is -0.648. The van der Waals surface area contributed by atoms with Gasteiger partial charge < -0.3 is 15.0 Å². The fourth-order valence-electron chi connectivity index (χ4n) is 3.83. The van der Waals surface area contributed by atoms with Crippen LogP contribution in [0.3, 0.4) is 0 Å². The molecule has 1 aliphatic rings. The van der Waals surface area contributed by atoms with Gasteiger partial charge in [0.05, 0.1) is 13.2 Å². The molecule has 0 aromatic heterocycles. The maximum Gasteiger partial charge on any atom is 0.247 e. The summed E-state index contributed by atoms with van der Waals surface area (Å²) < 4.78 is 18.8. The number of benzene rings is 2. The fourth-order valence-corrected chi connectivity index (χ4v) is 3.83. The number of ether oxygens (including phenoxy) is 1. The second kappa shape index (κ2) is 12.3. The molecule has 1 saturated heterocycles. The van der Waals surface area contributed by atoms with Gasteiger partial charge in [-0.2, -0.15) is 0 Å². The van der Waals surface area contributed by atoms with Crippen molar-refractivity contribution in [2.24, 2.45) is 0 Å². The normalized spacial score (nSPS) is 15.2. The van der Waals surface area contributed by atoms with Gasteiger partial charge in [0.1, 0.15) is 11.9 Å². The number of morpholine rings is 1. The molecule has 32 heavy (non-hydrogen) atoms. The Labute approximate surface area is 189 Å². The predicted molar refractivity (Wildman–Crippen MR) is 121 cm³/mol. The number of amides is 2. The lowest BCUT2D eigenvalue weighted by molar-refractivity contribution is -0.141. The van der Waals surface area contributed by atoms with Crippen molar-refractivity contribution < 1.29 is 18.7 Å². The molecule has 6 nitrogen and oxygen atoms in total. The smallest absolute Gasteiger partial charge is 0.247 e. The van der Waals surface area contributed by atoms with Crippen LogP contribution in [0, 0.1) is 5.82 Å². The largest absolute Gasteiger partial charge is 0.379 e. The van der Waals surface area contributed by atoms with Crippen LogP contribution >= 0.6 is 0 Å². The third-order valence-electron chi connectivity index (χ3n) is 5.56. The zero-order valence-corrected chi connectivity index (χ0v) is 18.6. The van der Waals surface area contributed by atoms with Gasteiger partial charge in [-0.1, -0.05) is 49.4 Å². The number of nitrogens with zero attached hydrogens (tertiary/aromatic N) is 2. The standard InChI is InChI=1S/C25H32FN3O3/c1-2-6-23(30)29(19-20-9-11-22(26)12-10-20)24(21-7-4-3-5-8-21)25(31)27-13-14-28-15-17-32-18-16-28/h3-5,7-12,24H,2,6,13-19H2,1H3,(H,27,31). The fraction of sp³-hybridized carbons (Fsp3) is 0.440. The number of nitrogens with one attached hydrogen (secondary N) is 1. The molecule has 3 rings (SSSR count). The molecule has 0 saturated carbocycles. The second-order valence-corrected chi connectivity index (χ2v) is 7.96. The van der Waals surface area contributed by atoms with E-state index in [0.717, 1.165) is 30.8 Å². The lowest BCUT2D eigenvalue weighted by atomic mass is 10.0. The highest BCUT2D eigenvalue weighted by atomic mass is 19.1. The quantitative estimate of drug-likeness (QED) is 0.615. The highest BCUT2D eigenvalue weighted by Crippen LogP contribution is 2.25. The van der Waals surface area contributed by atoms with Gasteiger partial charge in [-0.3, -0.25) is 14.5 Å². The molecule has 0 bridgehead atoms. The van der Waals surface area contributed by atoms with Gasteiger partial charge in [0, 0.05) is 39.1 Å². The zero-order chi connectivity index (χ0) is 22.8. The van der Waals surface area contributed by atoms with Gasteiger partial charge in [-0.15, -0.1) is 0 Å². The molecule has 1 heterocycles. The molecule has 1 N–H and O–H groups in total. The molecule has 0 radical (unpaired) electrons. The van der Waals surface area contributed by atoms with E-state index >= 15 is 0 Å². The van der Waals surface area contributed by atoms with Crippen LogP contribution in [0.5, 0.6) is 0 Å². The first-order valence-corrected chi connectivity index (χ1v) is 11.2. The van der Waals surface area contributed by atoms with Crippen molar-refractivity contribution in [3.05, 3.63) is 71.5 Å². The Balaban J connectivity index is 1.79. The molecule has 2 amide bonds. The number of rotatable bonds is 10. The minimum Gasteiger partial charge on any atom is -0.379 e. The van der Waals surface area contributed by atoms with E-state index < -0.39 is 6.04 Å². The molecule has 2 aromatic carbocycles. The van der Waals surface area contributed by atoms with Crippen LogP contribution in [0.2, 0.25) is 0 Å². The summed E-state index contributed by atoms with van der Waals surface area (Å²) >= 11 is 0. The molecular weight excluding hydrogens is 409 g/mol. The zero-order valence-electron chi connectivity index (χ0n) is 18.6. The number of halogens is 1. The number of hydrogen-bond acceptors (Lipinski definition) is 4. The highest BCUT2D eigenvalue weighted by Gasteiger charge is 2.31. The maximum atomic E-state index is 13.4. The first kappa shape index (κ1) is 23.9. The minimum absolute atomic E-state index is 0.103. The van der Waals surface area contributed by atoms with Crippen molar-refractivity contribution in [1.29, 1.82) is 0 Å². The average Bonchev–Trinajstić information content (AvgIpc) is 2.81. The molecule has 7 heteroatoms. The van der Waals surface area contributed by atoms with Crippen LogP contribution in [0.1, 0.15) is 36.9 Å². The minimum atomic E-state index is -0.759. The van der Waals surface area contributed by atoms with Crippen molar-refractivity contribution >= 4 is 11.8 Å². The summed E-state index contributed by atoms with van der Waals surface area (Å²) in [4.78, 5) is 30.3. The molecule has 0 spiro atoms. The molecule has 1 fully saturated rings. The molecule has 1 atom stereocenters. The van der Waals surface area contributed by atoms with Crippen LogP contribution < -0.4 is 5.32 Å². The first-order chi connectivity index (χ1) is 15.6. The van der Waals surface area contributed by atoms with E-state index in [9.17, 15) is 14.0 Å². The summed E-state index contributed by atoms with van der Waals surface area (Å²) in [6, 6.07) is 14.6. The van der Waals surface area contributed by atoms with Crippen LogP contribution in [0.15, 0.2) is 54.6 Å². The van der Waals surface area contributed by atoms with E-state index in [1.165, 1.54) is 12.1 Å². The van der Waals surface area contributed by atoms with E-state index in [2.05, 4.69) is 10.2 Å². The average molecular weight is 442 g/mol. The van der Waals surface area contributed by atoms with E-state index in [-0.39, 0.29) is 24.2 Å². The third kappa shape index (κ3) is 6.87. The first-order valence-electron chi connectivity index (χ1n) is 11.2. The Morgan fingerprint density at radius 3 is 2.44 bits per heavy atom. The van der Waals surface area contributed by atoms with Crippen molar-refractivity contribution in [1.82, 2.24) is 15.1 Å². The monoisotopic (exact) mass is 441 g/mol. The van der Waals surface area contributed by atoms with Crippen LogP contribution in [-0.2, 0) is 20.9 Å². The third-order valence-corrected chi connectivity index (χ3v) is 5.56. The van der Waals surface area contributed by atoms with Gasteiger partial charge >= 0.3 is 0 Å². The van der Waals surface area contributed by atoms with Crippen LogP contribution in [0.25, 0.3) is 0 Å². The van der Waals surface area contributed by atoms with E-state index in [4.69, 9.17) is 4.74 Å². The van der Waals surface area contributed by atoms with Crippen molar-refractivity contribution in [2.75, 3.05) is 39.4 Å². The van der Waals surface area contributed by atoms with Gasteiger partial charge in [0.15, 0.2) is 0 Å². The van der Waals surface area contributed by atoms with Crippen LogP contribution in [0.4, 0.5) is 4.39 Å². The lowest BCUT2D eigenvalue weighted by Gasteiger charge is -2.32. The van der Waals surface area contributed by atoms with Crippen molar-refractivity contribution in [3.63, 3.8) is 0 Å². The predicted octanol–water partition coefficient (Wildman–Crippen LogP) is 3.14. The Morgan fingerprint density at radius 1 is 1.09 bits per heavy atom. The van der Waals surface area contributed by atoms with Gasteiger partial charge in [0.2, 0.25) is 11.8 Å². The van der Waals surface area contributed by atoms with Gasteiger partial charge in [0.25, 0.3) is 0 Å². The van der Waals surface area contributed by atoms with E-state index in [0.29, 0.717) is 32.6 Å².